The van der Waals surface area contributed by atoms with Gasteiger partial charge in [-0.1, -0.05) is 6.92 Å². The van der Waals surface area contributed by atoms with Gasteiger partial charge in [-0.3, -0.25) is 19.1 Å². The number of amides is 2. The molecule has 8 nitrogen and oxygen atoms in total. The molecule has 1 aromatic carbocycles. The second-order valence-electron chi connectivity index (χ2n) is 7.63. The maximum atomic E-state index is 12.9. The lowest BCUT2D eigenvalue weighted by atomic mass is 10.2. The van der Waals surface area contributed by atoms with Gasteiger partial charge in [-0.25, -0.2) is 0 Å². The Morgan fingerprint density at radius 3 is 2.32 bits per heavy atom. The topological polar surface area (TPSA) is 90.6 Å². The molecule has 0 atom stereocenters. The lowest BCUT2D eigenvalue weighted by molar-refractivity contribution is -0.130. The molecule has 166 valence electrons. The Hall–Kier alpha value is -3.31. The molecule has 0 aliphatic rings. The molecular formula is C23H31N5O3. The lowest BCUT2D eigenvalue weighted by Crippen LogP contribution is -2.41. The first-order chi connectivity index (χ1) is 14.7. The van der Waals surface area contributed by atoms with Crippen molar-refractivity contribution < 1.29 is 14.3 Å². The molecule has 1 aromatic heterocycles. The zero-order valence-electron chi connectivity index (χ0n) is 19.2. The summed E-state index contributed by atoms with van der Waals surface area (Å²) in [4.78, 5) is 28.3. The Kier molecular flexibility index (Phi) is 8.22. The lowest BCUT2D eigenvalue weighted by Gasteiger charge is -2.22. The molecule has 0 radical (unpaired) electrons. The predicted octanol–water partition coefficient (Wildman–Crippen LogP) is 2.71. The van der Waals surface area contributed by atoms with E-state index in [-0.39, 0.29) is 24.9 Å². The summed E-state index contributed by atoms with van der Waals surface area (Å²) in [5, 5.41) is 12.6. The number of likely N-dealkylation sites (N-methyl/N-ethyl adjacent to an activating group) is 1. The maximum Gasteiger partial charge on any atom is 0.239 e. The number of nitrogens with zero attached hydrogens (tertiary/aromatic N) is 4. The summed E-state index contributed by atoms with van der Waals surface area (Å²) in [5.41, 5.74) is 2.91. The van der Waals surface area contributed by atoms with Gasteiger partial charge in [-0.05, 0) is 56.6 Å². The monoisotopic (exact) mass is 425 g/mol. The van der Waals surface area contributed by atoms with Gasteiger partial charge in [0.15, 0.2) is 0 Å². The van der Waals surface area contributed by atoms with Crippen LogP contribution in [0.1, 0.15) is 30.2 Å². The van der Waals surface area contributed by atoms with Crippen LogP contribution in [-0.2, 0) is 9.59 Å². The van der Waals surface area contributed by atoms with Gasteiger partial charge in [0.05, 0.1) is 25.8 Å². The van der Waals surface area contributed by atoms with Gasteiger partial charge >= 0.3 is 0 Å². The van der Waals surface area contributed by atoms with Gasteiger partial charge in [-0.2, -0.15) is 5.26 Å². The molecule has 0 aliphatic heterocycles. The quantitative estimate of drug-likeness (QED) is 0.667. The third-order valence-electron chi connectivity index (χ3n) is 5.18. The van der Waals surface area contributed by atoms with E-state index in [9.17, 15) is 14.9 Å². The Morgan fingerprint density at radius 1 is 1.16 bits per heavy atom. The molecule has 0 saturated carbocycles. The predicted molar refractivity (Wildman–Crippen MR) is 121 cm³/mol. The molecule has 31 heavy (non-hydrogen) atoms. The molecule has 2 aromatic rings. The van der Waals surface area contributed by atoms with Crippen LogP contribution in [0, 0.1) is 25.2 Å². The Labute approximate surface area is 184 Å². The second-order valence-corrected chi connectivity index (χ2v) is 7.63. The highest BCUT2D eigenvalue weighted by molar-refractivity contribution is 5.94. The van der Waals surface area contributed by atoms with Crippen LogP contribution in [0.15, 0.2) is 24.3 Å². The van der Waals surface area contributed by atoms with Crippen LogP contribution in [0.2, 0.25) is 0 Å². The number of rotatable bonds is 9. The molecule has 0 aliphatic carbocycles. The van der Waals surface area contributed by atoms with Gasteiger partial charge in [0.25, 0.3) is 0 Å². The Balaban J connectivity index is 2.34. The minimum atomic E-state index is -0.274. The molecule has 0 spiro atoms. The molecule has 1 heterocycles. The molecular weight excluding hydrogens is 394 g/mol. The number of nitrogens with one attached hydrogen (secondary N) is 1. The molecule has 2 rings (SSSR count). The van der Waals surface area contributed by atoms with Crippen LogP contribution in [0.4, 0.5) is 5.82 Å². The fourth-order valence-corrected chi connectivity index (χ4v) is 3.35. The SMILES string of the molecule is CCCN(CC(=O)Nc1c(C#N)c(C)c(C)n1-c1ccc(OC)cc1)CC(=O)N(C)C. The summed E-state index contributed by atoms with van der Waals surface area (Å²) in [5.74, 6) is 0.816. The third-order valence-corrected chi connectivity index (χ3v) is 5.18. The van der Waals surface area contributed by atoms with E-state index in [0.29, 0.717) is 17.9 Å². The van der Waals surface area contributed by atoms with E-state index >= 15 is 0 Å². The Morgan fingerprint density at radius 2 is 1.81 bits per heavy atom. The minimum Gasteiger partial charge on any atom is -0.497 e. The standard InChI is InChI=1S/C23H31N5O3/c1-7-12-27(15-22(30)26(4)5)14-21(29)25-23-20(13-24)16(2)17(3)28(23)18-8-10-19(31-6)11-9-18/h8-11H,7,12,14-15H2,1-6H3,(H,25,29). The van der Waals surface area contributed by atoms with Crippen molar-refractivity contribution in [2.45, 2.75) is 27.2 Å². The van der Waals surface area contributed by atoms with Crippen LogP contribution in [0.5, 0.6) is 5.75 Å². The minimum absolute atomic E-state index is 0.0597. The highest BCUT2D eigenvalue weighted by Gasteiger charge is 2.22. The van der Waals surface area contributed by atoms with E-state index in [0.717, 1.165) is 29.1 Å². The van der Waals surface area contributed by atoms with E-state index in [1.165, 1.54) is 4.90 Å². The fourth-order valence-electron chi connectivity index (χ4n) is 3.35. The molecule has 2 amide bonds. The molecule has 8 heteroatoms. The van der Waals surface area contributed by atoms with Crippen molar-refractivity contribution in [3.8, 4) is 17.5 Å². The summed E-state index contributed by atoms with van der Waals surface area (Å²) >= 11 is 0. The zero-order valence-corrected chi connectivity index (χ0v) is 19.2. The number of carbonyl (C=O) groups is 2. The maximum absolute atomic E-state index is 12.9. The number of ether oxygens (including phenoxy) is 1. The van der Waals surface area contributed by atoms with Crippen molar-refractivity contribution in [1.29, 1.82) is 5.26 Å². The number of aromatic nitrogens is 1. The number of hydrogen-bond donors (Lipinski definition) is 1. The van der Waals surface area contributed by atoms with Crippen LogP contribution < -0.4 is 10.1 Å². The Bertz CT molecular complexity index is 971. The number of carbonyl (C=O) groups excluding carboxylic acids is 2. The van der Waals surface area contributed by atoms with Crippen molar-refractivity contribution in [3.63, 3.8) is 0 Å². The van der Waals surface area contributed by atoms with E-state index in [1.54, 1.807) is 21.2 Å². The van der Waals surface area contributed by atoms with E-state index in [1.807, 2.05) is 54.5 Å². The number of hydrogen-bond acceptors (Lipinski definition) is 5. The summed E-state index contributed by atoms with van der Waals surface area (Å²) in [7, 11) is 4.99. The van der Waals surface area contributed by atoms with Crippen molar-refractivity contribution >= 4 is 17.6 Å². The van der Waals surface area contributed by atoms with Gasteiger partial charge in [0.2, 0.25) is 11.8 Å². The first-order valence-electron chi connectivity index (χ1n) is 10.2. The van der Waals surface area contributed by atoms with Crippen LogP contribution in [-0.4, -0.2) is 67.0 Å². The first-order valence-corrected chi connectivity index (χ1v) is 10.2. The average molecular weight is 426 g/mol. The van der Waals surface area contributed by atoms with Crippen molar-refractivity contribution in [3.05, 3.63) is 41.1 Å². The van der Waals surface area contributed by atoms with Crippen molar-refractivity contribution in [1.82, 2.24) is 14.4 Å². The van der Waals surface area contributed by atoms with Gasteiger partial charge < -0.3 is 15.0 Å². The van der Waals surface area contributed by atoms with Crippen molar-refractivity contribution in [2.24, 2.45) is 0 Å². The van der Waals surface area contributed by atoms with Crippen LogP contribution >= 0.6 is 0 Å². The molecule has 0 unspecified atom stereocenters. The highest BCUT2D eigenvalue weighted by atomic mass is 16.5. The number of benzene rings is 1. The summed E-state index contributed by atoms with van der Waals surface area (Å²) < 4.78 is 7.09. The van der Waals surface area contributed by atoms with Gasteiger partial charge in [0.1, 0.15) is 17.6 Å². The fraction of sp³-hybridized carbons (Fsp3) is 0.435. The smallest absolute Gasteiger partial charge is 0.239 e. The first kappa shape index (κ1) is 24.0. The van der Waals surface area contributed by atoms with Crippen molar-refractivity contribution in [2.75, 3.05) is 46.2 Å². The normalized spacial score (nSPS) is 10.6. The summed E-state index contributed by atoms with van der Waals surface area (Å²) in [6.45, 7) is 6.62. The zero-order chi connectivity index (χ0) is 23.1. The molecule has 0 fully saturated rings. The largest absolute Gasteiger partial charge is 0.497 e. The third kappa shape index (κ3) is 5.64. The number of nitriles is 1. The number of anilines is 1. The highest BCUT2D eigenvalue weighted by Crippen LogP contribution is 2.30. The van der Waals surface area contributed by atoms with E-state index in [4.69, 9.17) is 4.74 Å². The van der Waals surface area contributed by atoms with E-state index in [2.05, 4.69) is 11.4 Å². The number of methoxy groups -OCH3 is 1. The van der Waals surface area contributed by atoms with Crippen LogP contribution in [0.25, 0.3) is 5.69 Å². The summed E-state index contributed by atoms with van der Waals surface area (Å²) in [6.07, 6.45) is 0.817. The van der Waals surface area contributed by atoms with Gasteiger partial charge in [-0.15, -0.1) is 0 Å². The molecule has 0 bridgehead atoms. The molecule has 1 N–H and O–H groups in total. The average Bonchev–Trinajstić information content (AvgIpc) is 2.97. The van der Waals surface area contributed by atoms with Crippen LogP contribution in [0.3, 0.4) is 0 Å². The van der Waals surface area contributed by atoms with Gasteiger partial charge in [0, 0.05) is 25.5 Å². The summed E-state index contributed by atoms with van der Waals surface area (Å²) in [6, 6.07) is 9.63. The second kappa shape index (κ2) is 10.6. The molecule has 0 saturated heterocycles. The van der Waals surface area contributed by atoms with E-state index < -0.39 is 0 Å².